The fraction of sp³-hybridized carbons (Fsp3) is 0.400. The molecule has 70 valence electrons. The van der Waals surface area contributed by atoms with E-state index in [0.717, 1.165) is 11.4 Å². The minimum atomic E-state index is -0.266. The average Bonchev–Trinajstić information content (AvgIpc) is 2.28. The van der Waals surface area contributed by atoms with Crippen LogP contribution in [0.1, 0.15) is 6.92 Å². The Morgan fingerprint density at radius 3 is 3.08 bits per heavy atom. The van der Waals surface area contributed by atoms with Crippen molar-refractivity contribution in [3.8, 4) is 0 Å². The number of hydrogen-bond acceptors (Lipinski definition) is 3. The first-order valence-corrected chi connectivity index (χ1v) is 5.42. The molecule has 1 aliphatic rings. The number of aliphatic hydroxyl groups excluding tert-OH is 1. The molecule has 0 saturated heterocycles. The summed E-state index contributed by atoms with van der Waals surface area (Å²) >= 11 is 1.71. The molecule has 0 aromatic heterocycles. The van der Waals surface area contributed by atoms with Gasteiger partial charge in [-0.2, -0.15) is 0 Å². The Morgan fingerprint density at radius 1 is 1.46 bits per heavy atom. The summed E-state index contributed by atoms with van der Waals surface area (Å²) in [5.41, 5.74) is 1.14. The Kier molecular flexibility index (Phi) is 2.47. The molecule has 1 heterocycles. The Balaban J connectivity index is 2.29. The van der Waals surface area contributed by atoms with Crippen LogP contribution in [-0.4, -0.2) is 23.0 Å². The van der Waals surface area contributed by atoms with Gasteiger partial charge < -0.3 is 10.4 Å². The molecule has 0 aliphatic carbocycles. The van der Waals surface area contributed by atoms with E-state index in [4.69, 9.17) is 0 Å². The van der Waals surface area contributed by atoms with Crippen molar-refractivity contribution in [2.45, 2.75) is 24.0 Å². The maximum atomic E-state index is 9.65. The predicted octanol–water partition coefficient (Wildman–Crippen LogP) is 1.95. The number of hydrogen-bond donors (Lipinski definition) is 2. The Hall–Kier alpha value is -0.670. The summed E-state index contributed by atoms with van der Waals surface area (Å²) in [5.74, 6) is 0.769. The van der Waals surface area contributed by atoms with Crippen LogP contribution in [0.2, 0.25) is 0 Å². The number of aliphatic hydroxyl groups is 1. The molecule has 2 atom stereocenters. The summed E-state index contributed by atoms with van der Waals surface area (Å²) in [5, 5.41) is 12.9. The second-order valence-corrected chi connectivity index (χ2v) is 4.37. The van der Waals surface area contributed by atoms with E-state index in [1.807, 2.05) is 19.1 Å². The van der Waals surface area contributed by atoms with Gasteiger partial charge in [-0.1, -0.05) is 12.1 Å². The largest absolute Gasteiger partial charge is 0.390 e. The summed E-state index contributed by atoms with van der Waals surface area (Å²) in [4.78, 5) is 1.23. The van der Waals surface area contributed by atoms with Crippen molar-refractivity contribution in [1.82, 2.24) is 0 Å². The molecule has 0 bridgehead atoms. The van der Waals surface area contributed by atoms with Gasteiger partial charge in [0, 0.05) is 16.3 Å². The quantitative estimate of drug-likeness (QED) is 0.663. The van der Waals surface area contributed by atoms with E-state index >= 15 is 0 Å². The standard InChI is InChI=1S/C10H13NOS/c1-7-9(12)6-13-10-5-3-2-4-8(10)11-7/h2-5,7,9,11-12H,6H2,1H3/t7-,9-/m1/s1. The molecule has 0 saturated carbocycles. The van der Waals surface area contributed by atoms with Crippen molar-refractivity contribution >= 4 is 17.4 Å². The van der Waals surface area contributed by atoms with Crippen LogP contribution in [0.4, 0.5) is 5.69 Å². The first kappa shape index (κ1) is 8.91. The Labute approximate surface area is 82.4 Å². The molecular weight excluding hydrogens is 182 g/mol. The molecule has 13 heavy (non-hydrogen) atoms. The third kappa shape index (κ3) is 1.81. The predicted molar refractivity (Wildman–Crippen MR) is 56.3 cm³/mol. The van der Waals surface area contributed by atoms with Crippen LogP contribution in [0.25, 0.3) is 0 Å². The van der Waals surface area contributed by atoms with E-state index in [0.29, 0.717) is 0 Å². The zero-order valence-electron chi connectivity index (χ0n) is 7.53. The van der Waals surface area contributed by atoms with E-state index in [2.05, 4.69) is 17.4 Å². The highest BCUT2D eigenvalue weighted by Crippen LogP contribution is 2.31. The molecule has 2 N–H and O–H groups in total. The molecule has 0 spiro atoms. The number of anilines is 1. The van der Waals surface area contributed by atoms with Gasteiger partial charge in [-0.3, -0.25) is 0 Å². The van der Waals surface area contributed by atoms with Crippen molar-refractivity contribution < 1.29 is 5.11 Å². The second-order valence-electron chi connectivity index (χ2n) is 3.31. The lowest BCUT2D eigenvalue weighted by Gasteiger charge is -2.16. The highest BCUT2D eigenvalue weighted by molar-refractivity contribution is 7.99. The lowest BCUT2D eigenvalue weighted by atomic mass is 10.2. The zero-order valence-corrected chi connectivity index (χ0v) is 8.34. The smallest absolute Gasteiger partial charge is 0.0832 e. The normalized spacial score (nSPS) is 27.2. The first-order chi connectivity index (χ1) is 6.27. The first-order valence-electron chi connectivity index (χ1n) is 4.44. The highest BCUT2D eigenvalue weighted by Gasteiger charge is 2.19. The van der Waals surface area contributed by atoms with E-state index in [9.17, 15) is 5.11 Å². The number of rotatable bonds is 0. The summed E-state index contributed by atoms with van der Waals surface area (Å²) in [7, 11) is 0. The molecule has 1 aromatic rings. The van der Waals surface area contributed by atoms with Gasteiger partial charge in [0.15, 0.2) is 0 Å². The molecule has 1 aromatic carbocycles. The average molecular weight is 195 g/mol. The summed E-state index contributed by atoms with van der Waals surface area (Å²) in [6, 6.07) is 8.30. The minimum absolute atomic E-state index is 0.135. The van der Waals surface area contributed by atoms with Gasteiger partial charge in [0.25, 0.3) is 0 Å². The topological polar surface area (TPSA) is 32.3 Å². The van der Waals surface area contributed by atoms with Crippen LogP contribution >= 0.6 is 11.8 Å². The number of thioether (sulfide) groups is 1. The van der Waals surface area contributed by atoms with Crippen molar-refractivity contribution in [1.29, 1.82) is 0 Å². The number of benzene rings is 1. The van der Waals surface area contributed by atoms with E-state index in [1.54, 1.807) is 11.8 Å². The number of nitrogens with one attached hydrogen (secondary N) is 1. The maximum absolute atomic E-state index is 9.65. The summed E-state index contributed by atoms with van der Waals surface area (Å²) in [6.45, 7) is 2.01. The van der Waals surface area contributed by atoms with Crippen LogP contribution in [0, 0.1) is 0 Å². The summed E-state index contributed by atoms with van der Waals surface area (Å²) < 4.78 is 0. The maximum Gasteiger partial charge on any atom is 0.0832 e. The third-order valence-electron chi connectivity index (χ3n) is 2.26. The van der Waals surface area contributed by atoms with Crippen LogP contribution in [0.3, 0.4) is 0 Å². The molecule has 2 rings (SSSR count). The van der Waals surface area contributed by atoms with Crippen LogP contribution < -0.4 is 5.32 Å². The van der Waals surface area contributed by atoms with Gasteiger partial charge in [-0.05, 0) is 19.1 Å². The summed E-state index contributed by atoms with van der Waals surface area (Å²) in [6.07, 6.45) is -0.266. The van der Waals surface area contributed by atoms with Gasteiger partial charge in [-0.25, -0.2) is 0 Å². The molecule has 3 heteroatoms. The van der Waals surface area contributed by atoms with Crippen LogP contribution in [0.5, 0.6) is 0 Å². The number of fused-ring (bicyclic) bond motifs is 1. The fourth-order valence-corrected chi connectivity index (χ4v) is 2.47. The van der Waals surface area contributed by atoms with Gasteiger partial charge in [-0.15, -0.1) is 11.8 Å². The van der Waals surface area contributed by atoms with Gasteiger partial charge in [0.05, 0.1) is 12.1 Å². The molecule has 0 amide bonds. The van der Waals surface area contributed by atoms with Crippen LogP contribution in [0.15, 0.2) is 29.2 Å². The van der Waals surface area contributed by atoms with E-state index < -0.39 is 0 Å². The zero-order chi connectivity index (χ0) is 9.26. The molecular formula is C10H13NOS. The SMILES string of the molecule is C[C@H]1Nc2ccccc2SC[C@H]1O. The van der Waals surface area contributed by atoms with Crippen molar-refractivity contribution in [2.24, 2.45) is 0 Å². The Bertz CT molecular complexity index is 303. The third-order valence-corrected chi connectivity index (χ3v) is 3.43. The second kappa shape index (κ2) is 3.60. The Morgan fingerprint density at radius 2 is 2.23 bits per heavy atom. The lowest BCUT2D eigenvalue weighted by molar-refractivity contribution is 0.183. The molecule has 1 aliphatic heterocycles. The monoisotopic (exact) mass is 195 g/mol. The molecule has 0 fully saturated rings. The van der Waals surface area contributed by atoms with Crippen LogP contribution in [-0.2, 0) is 0 Å². The van der Waals surface area contributed by atoms with Crippen molar-refractivity contribution in [2.75, 3.05) is 11.1 Å². The highest BCUT2D eigenvalue weighted by atomic mass is 32.2. The molecule has 0 unspecified atom stereocenters. The van der Waals surface area contributed by atoms with E-state index in [-0.39, 0.29) is 12.1 Å². The van der Waals surface area contributed by atoms with Gasteiger partial charge in [0.2, 0.25) is 0 Å². The molecule has 0 radical (unpaired) electrons. The molecule has 2 nitrogen and oxygen atoms in total. The van der Waals surface area contributed by atoms with Gasteiger partial charge in [0.1, 0.15) is 0 Å². The number of para-hydroxylation sites is 1. The van der Waals surface area contributed by atoms with Crippen molar-refractivity contribution in [3.05, 3.63) is 24.3 Å². The van der Waals surface area contributed by atoms with E-state index in [1.165, 1.54) is 4.90 Å². The lowest BCUT2D eigenvalue weighted by Crippen LogP contribution is -2.30. The minimum Gasteiger partial charge on any atom is -0.390 e. The van der Waals surface area contributed by atoms with Gasteiger partial charge >= 0.3 is 0 Å². The fourth-order valence-electron chi connectivity index (χ4n) is 1.37. The van der Waals surface area contributed by atoms with Crippen molar-refractivity contribution in [3.63, 3.8) is 0 Å².